The van der Waals surface area contributed by atoms with Crippen molar-refractivity contribution in [2.45, 2.75) is 77.3 Å². The zero-order valence-electron chi connectivity index (χ0n) is 18.0. The van der Waals surface area contributed by atoms with Gasteiger partial charge in [0.2, 0.25) is 5.91 Å². The summed E-state index contributed by atoms with van der Waals surface area (Å²) >= 11 is 0. The molecule has 1 aromatic carbocycles. The lowest BCUT2D eigenvalue weighted by molar-refractivity contribution is -0.139. The number of hydrogen-bond donors (Lipinski definition) is 1. The molecule has 2 bridgehead atoms. The van der Waals surface area contributed by atoms with Crippen LogP contribution in [-0.2, 0) is 9.59 Å². The van der Waals surface area contributed by atoms with Crippen molar-refractivity contribution in [3.05, 3.63) is 42.4 Å². The van der Waals surface area contributed by atoms with Gasteiger partial charge < -0.3 is 9.88 Å². The molecule has 30 heavy (non-hydrogen) atoms. The third kappa shape index (κ3) is 2.93. The molecule has 3 aliphatic carbocycles. The lowest BCUT2D eigenvalue weighted by Crippen LogP contribution is -2.47. The third-order valence-electron chi connectivity index (χ3n) is 7.94. The number of fused-ring (bicyclic) bond motifs is 7. The summed E-state index contributed by atoms with van der Waals surface area (Å²) in [6, 6.07) is 8.58. The molecule has 3 saturated carbocycles. The summed E-state index contributed by atoms with van der Waals surface area (Å²) < 4.78 is 2.17. The molecule has 160 valence electrons. The molecule has 5 nitrogen and oxygen atoms in total. The lowest BCUT2D eigenvalue weighted by atomic mass is 9.62. The summed E-state index contributed by atoms with van der Waals surface area (Å²) in [6.07, 6.45) is 10.5. The molecule has 2 heterocycles. The molecular weight excluding hydrogens is 374 g/mol. The maximum atomic E-state index is 13.7. The number of benzene rings is 1. The molecule has 3 fully saturated rings. The maximum Gasteiger partial charge on any atom is 0.226 e. The number of hydrogen-bond acceptors (Lipinski definition) is 3. The van der Waals surface area contributed by atoms with Gasteiger partial charge in [-0.1, -0.05) is 30.7 Å². The van der Waals surface area contributed by atoms with Crippen molar-refractivity contribution in [3.8, 4) is 11.3 Å². The second-order valence-corrected chi connectivity index (χ2v) is 9.96. The molecule has 0 spiro atoms. The van der Waals surface area contributed by atoms with E-state index in [1.807, 2.05) is 32.4 Å². The van der Waals surface area contributed by atoms with Gasteiger partial charge in [0.25, 0.3) is 0 Å². The molecule has 6 rings (SSSR count). The number of amides is 1. The van der Waals surface area contributed by atoms with Gasteiger partial charge >= 0.3 is 0 Å². The Labute approximate surface area is 179 Å². The summed E-state index contributed by atoms with van der Waals surface area (Å²) in [5.74, 6) is 0.580. The Balaban J connectivity index is 0.00000231. The van der Waals surface area contributed by atoms with Crippen molar-refractivity contribution in [1.29, 1.82) is 0 Å². The van der Waals surface area contributed by atoms with E-state index < -0.39 is 0 Å². The van der Waals surface area contributed by atoms with Crippen molar-refractivity contribution in [3.63, 3.8) is 0 Å². The number of aromatic nitrogens is 2. The second-order valence-electron chi connectivity index (χ2n) is 9.96. The Hall–Kier alpha value is -2.43. The quantitative estimate of drug-likeness (QED) is 0.766. The highest BCUT2D eigenvalue weighted by atomic mass is 16.2. The largest absolute Gasteiger partial charge is 0.353 e. The van der Waals surface area contributed by atoms with E-state index in [1.165, 1.54) is 11.1 Å². The van der Waals surface area contributed by atoms with E-state index in [0.717, 1.165) is 50.6 Å². The SMILES string of the molecule is CC(C)NC(=O)C12CCCC(C(=O)CC3c4ccccc4-c4cncn43)(CC1)CC2.[HH]. The summed E-state index contributed by atoms with van der Waals surface area (Å²) in [6.45, 7) is 4.04. The fraction of sp³-hybridized carbons (Fsp3) is 0.560. The van der Waals surface area contributed by atoms with Crippen LogP contribution in [0, 0.1) is 10.8 Å². The van der Waals surface area contributed by atoms with Crippen molar-refractivity contribution >= 4 is 11.7 Å². The van der Waals surface area contributed by atoms with Crippen LogP contribution in [0.15, 0.2) is 36.8 Å². The van der Waals surface area contributed by atoms with Crippen LogP contribution in [0.25, 0.3) is 11.3 Å². The predicted octanol–water partition coefficient (Wildman–Crippen LogP) is 4.91. The van der Waals surface area contributed by atoms with Gasteiger partial charge in [-0.3, -0.25) is 9.59 Å². The van der Waals surface area contributed by atoms with E-state index in [0.29, 0.717) is 12.2 Å². The summed E-state index contributed by atoms with van der Waals surface area (Å²) in [7, 11) is 0. The van der Waals surface area contributed by atoms with E-state index >= 15 is 0 Å². The molecule has 1 aromatic heterocycles. The predicted molar refractivity (Wildman–Crippen MR) is 118 cm³/mol. The Bertz CT molecular complexity index is 988. The van der Waals surface area contributed by atoms with Crippen LogP contribution in [-0.4, -0.2) is 27.3 Å². The number of carbonyl (C=O) groups excluding carboxylic acids is 2. The van der Waals surface area contributed by atoms with E-state index in [2.05, 4.69) is 33.1 Å². The minimum atomic E-state index is -0.262. The standard InChI is InChI=1S/C25H31N3O2.H2/c1-17(2)27-23(30)25-9-5-8-24(10-12-25,11-13-25)22(29)14-20-18-6-3-4-7-19(18)21-15-26-16-28(20)21;/h3-4,6-7,15-17,20H,5,8-14H2,1-2H3,(H,27,30);1H. The lowest BCUT2D eigenvalue weighted by Gasteiger charge is -2.41. The normalized spacial score (nSPS) is 29.4. The fourth-order valence-electron chi connectivity index (χ4n) is 6.18. The van der Waals surface area contributed by atoms with Crippen molar-refractivity contribution in [2.75, 3.05) is 0 Å². The van der Waals surface area contributed by atoms with Gasteiger partial charge in [0, 0.05) is 30.3 Å². The molecule has 1 amide bonds. The van der Waals surface area contributed by atoms with Crippen LogP contribution in [0.5, 0.6) is 0 Å². The molecule has 5 heteroatoms. The highest BCUT2D eigenvalue weighted by molar-refractivity contribution is 5.88. The minimum Gasteiger partial charge on any atom is -0.353 e. The Kier molecular flexibility index (Phi) is 4.60. The molecule has 2 aromatic rings. The van der Waals surface area contributed by atoms with Gasteiger partial charge in [-0.2, -0.15) is 0 Å². The Morgan fingerprint density at radius 1 is 1.13 bits per heavy atom. The van der Waals surface area contributed by atoms with E-state index in [4.69, 9.17) is 0 Å². The van der Waals surface area contributed by atoms with Gasteiger partial charge in [-0.25, -0.2) is 4.98 Å². The molecule has 4 aliphatic rings. The molecule has 0 saturated heterocycles. The van der Waals surface area contributed by atoms with E-state index in [1.54, 1.807) is 0 Å². The van der Waals surface area contributed by atoms with Gasteiger partial charge in [0.15, 0.2) is 0 Å². The number of carbonyl (C=O) groups is 2. The average Bonchev–Trinajstić information content (AvgIpc) is 3.18. The van der Waals surface area contributed by atoms with Crippen LogP contribution in [0.1, 0.15) is 78.2 Å². The molecule has 1 N–H and O–H groups in total. The summed E-state index contributed by atoms with van der Waals surface area (Å²) in [4.78, 5) is 31.0. The van der Waals surface area contributed by atoms with Gasteiger partial charge in [-0.15, -0.1) is 0 Å². The number of imidazole rings is 1. The maximum absolute atomic E-state index is 13.7. The van der Waals surface area contributed by atoms with Crippen LogP contribution >= 0.6 is 0 Å². The molecule has 0 radical (unpaired) electrons. The molecule has 1 unspecified atom stereocenters. The van der Waals surface area contributed by atoms with Crippen molar-refractivity contribution < 1.29 is 11.0 Å². The number of rotatable bonds is 5. The zero-order valence-corrected chi connectivity index (χ0v) is 18.0. The zero-order chi connectivity index (χ0) is 20.9. The number of Topliss-reactive ketones (excluding diaryl/α,β-unsaturated/α-hetero) is 1. The monoisotopic (exact) mass is 407 g/mol. The van der Waals surface area contributed by atoms with Crippen LogP contribution < -0.4 is 5.32 Å². The highest BCUT2D eigenvalue weighted by Crippen LogP contribution is 2.56. The molecular formula is C25H33N3O2. The highest BCUT2D eigenvalue weighted by Gasteiger charge is 2.52. The first-order valence-electron chi connectivity index (χ1n) is 11.4. The molecule has 1 atom stereocenters. The second kappa shape index (κ2) is 7.07. The summed E-state index contributed by atoms with van der Waals surface area (Å²) in [5, 5.41) is 3.14. The minimum absolute atomic E-state index is 0. The number of nitrogens with one attached hydrogen (secondary N) is 1. The smallest absolute Gasteiger partial charge is 0.226 e. The van der Waals surface area contributed by atoms with Gasteiger partial charge in [-0.05, 0) is 57.9 Å². The molecule has 1 aliphatic heterocycles. The average molecular weight is 408 g/mol. The number of nitrogens with zero attached hydrogens (tertiary/aromatic N) is 2. The Morgan fingerprint density at radius 2 is 1.83 bits per heavy atom. The van der Waals surface area contributed by atoms with Crippen molar-refractivity contribution in [1.82, 2.24) is 14.9 Å². The van der Waals surface area contributed by atoms with E-state index in [9.17, 15) is 9.59 Å². The van der Waals surface area contributed by atoms with Crippen LogP contribution in [0.3, 0.4) is 0 Å². The first-order valence-corrected chi connectivity index (χ1v) is 11.4. The Morgan fingerprint density at radius 3 is 2.60 bits per heavy atom. The van der Waals surface area contributed by atoms with E-state index in [-0.39, 0.29) is 30.2 Å². The van der Waals surface area contributed by atoms with Crippen LogP contribution in [0.4, 0.5) is 0 Å². The van der Waals surface area contributed by atoms with Crippen molar-refractivity contribution in [2.24, 2.45) is 10.8 Å². The first kappa shape index (κ1) is 19.5. The van der Waals surface area contributed by atoms with Gasteiger partial charge in [0.05, 0.1) is 24.3 Å². The third-order valence-corrected chi connectivity index (χ3v) is 7.94. The summed E-state index contributed by atoms with van der Waals surface area (Å²) in [5.41, 5.74) is 3.02. The topological polar surface area (TPSA) is 64.0 Å². The first-order chi connectivity index (χ1) is 14.4. The van der Waals surface area contributed by atoms with Gasteiger partial charge in [0.1, 0.15) is 5.78 Å². The number of ketones is 1. The van der Waals surface area contributed by atoms with Crippen LogP contribution in [0.2, 0.25) is 0 Å². The fourth-order valence-corrected chi connectivity index (χ4v) is 6.18.